The summed E-state index contributed by atoms with van der Waals surface area (Å²) in [6, 6.07) is 8.36. The highest BCUT2D eigenvalue weighted by molar-refractivity contribution is 14.0. The van der Waals surface area contributed by atoms with Crippen molar-refractivity contribution in [2.75, 3.05) is 46.6 Å². The second-order valence-electron chi connectivity index (χ2n) is 6.82. The van der Waals surface area contributed by atoms with E-state index in [1.807, 2.05) is 4.90 Å². The number of nitrogens with one attached hydrogen (secondary N) is 2. The van der Waals surface area contributed by atoms with Gasteiger partial charge in [-0.1, -0.05) is 24.3 Å². The molecule has 0 aliphatic carbocycles. The van der Waals surface area contributed by atoms with Crippen LogP contribution in [0.5, 0.6) is 0 Å². The van der Waals surface area contributed by atoms with Gasteiger partial charge in [0.1, 0.15) is 0 Å². The Morgan fingerprint density at radius 1 is 1.14 bits per heavy atom. The molecule has 1 aliphatic heterocycles. The lowest BCUT2D eigenvalue weighted by Gasteiger charge is -2.15. The van der Waals surface area contributed by atoms with Crippen molar-refractivity contribution in [3.05, 3.63) is 35.4 Å². The van der Waals surface area contributed by atoms with Crippen LogP contribution < -0.4 is 10.6 Å². The van der Waals surface area contributed by atoms with E-state index in [0.29, 0.717) is 39.3 Å². The van der Waals surface area contributed by atoms with Gasteiger partial charge in [0, 0.05) is 46.3 Å². The molecule has 8 heteroatoms. The van der Waals surface area contributed by atoms with Gasteiger partial charge in [-0.05, 0) is 30.9 Å². The summed E-state index contributed by atoms with van der Waals surface area (Å²) >= 11 is 0. The van der Waals surface area contributed by atoms with Crippen LogP contribution >= 0.6 is 24.0 Å². The van der Waals surface area contributed by atoms with E-state index < -0.39 is 0 Å². The molecule has 0 unspecified atom stereocenters. The second kappa shape index (κ2) is 15.4. The lowest BCUT2D eigenvalue weighted by Crippen LogP contribution is -2.38. The van der Waals surface area contributed by atoms with Crippen LogP contribution in [0.4, 0.5) is 0 Å². The number of aliphatic imine (C=N–C) groups is 1. The molecule has 29 heavy (non-hydrogen) atoms. The lowest BCUT2D eigenvalue weighted by atomic mass is 10.1. The van der Waals surface area contributed by atoms with Crippen molar-refractivity contribution in [2.45, 2.75) is 39.3 Å². The smallest absolute Gasteiger partial charge is 0.222 e. The third-order valence-corrected chi connectivity index (χ3v) is 4.52. The van der Waals surface area contributed by atoms with Gasteiger partial charge in [0.2, 0.25) is 5.91 Å². The first kappa shape index (κ1) is 25.6. The Hall–Kier alpha value is -1.39. The molecule has 1 fully saturated rings. The van der Waals surface area contributed by atoms with Crippen molar-refractivity contribution >= 4 is 35.8 Å². The molecule has 1 aliphatic rings. The van der Waals surface area contributed by atoms with E-state index in [0.717, 1.165) is 44.0 Å². The highest BCUT2D eigenvalue weighted by Gasteiger charge is 2.19. The number of carbonyl (C=O) groups is 1. The van der Waals surface area contributed by atoms with Crippen molar-refractivity contribution in [2.24, 2.45) is 4.99 Å². The Kier molecular flexibility index (Phi) is 13.7. The molecule has 0 bridgehead atoms. The largest absolute Gasteiger partial charge is 0.382 e. The maximum atomic E-state index is 11.7. The molecule has 7 nitrogen and oxygen atoms in total. The normalized spacial score (nSPS) is 14.1. The number of likely N-dealkylation sites (tertiary alicyclic amines) is 1. The minimum atomic E-state index is 0. The van der Waals surface area contributed by atoms with Gasteiger partial charge in [-0.3, -0.25) is 4.79 Å². The van der Waals surface area contributed by atoms with Crippen LogP contribution in [0.25, 0.3) is 0 Å². The van der Waals surface area contributed by atoms with Crippen molar-refractivity contribution in [3.63, 3.8) is 0 Å². The SMILES string of the molecule is CCNC(=NCc1ccc(CN2CCCC2=O)cc1)NCCCOCCOC.I. The van der Waals surface area contributed by atoms with Crippen LogP contribution in [0, 0.1) is 0 Å². The fourth-order valence-corrected chi connectivity index (χ4v) is 2.98. The van der Waals surface area contributed by atoms with E-state index in [4.69, 9.17) is 9.47 Å². The van der Waals surface area contributed by atoms with E-state index >= 15 is 0 Å². The zero-order valence-electron chi connectivity index (χ0n) is 17.6. The van der Waals surface area contributed by atoms with Gasteiger partial charge < -0.3 is 25.0 Å². The summed E-state index contributed by atoms with van der Waals surface area (Å²) in [4.78, 5) is 18.3. The molecule has 0 radical (unpaired) electrons. The molecule has 1 heterocycles. The number of methoxy groups -OCH3 is 1. The number of ether oxygens (including phenoxy) is 2. The number of benzene rings is 1. The molecule has 2 N–H and O–H groups in total. The first-order chi connectivity index (χ1) is 13.7. The number of amides is 1. The number of hydrogen-bond donors (Lipinski definition) is 2. The average Bonchev–Trinajstić information content (AvgIpc) is 3.11. The van der Waals surface area contributed by atoms with E-state index in [1.165, 1.54) is 5.56 Å². The number of carbonyl (C=O) groups excluding carboxylic acids is 1. The number of hydrogen-bond acceptors (Lipinski definition) is 4. The Bertz CT molecular complexity index is 610. The number of nitrogens with zero attached hydrogens (tertiary/aromatic N) is 2. The zero-order valence-corrected chi connectivity index (χ0v) is 19.9. The molecule has 0 spiro atoms. The van der Waals surface area contributed by atoms with Crippen molar-refractivity contribution in [1.82, 2.24) is 15.5 Å². The first-order valence-corrected chi connectivity index (χ1v) is 10.2. The van der Waals surface area contributed by atoms with Gasteiger partial charge in [-0.25, -0.2) is 4.99 Å². The molecule has 164 valence electrons. The summed E-state index contributed by atoms with van der Waals surface area (Å²) in [5.74, 6) is 1.07. The highest BCUT2D eigenvalue weighted by atomic mass is 127. The topological polar surface area (TPSA) is 75.2 Å². The molecule has 1 aromatic rings. The van der Waals surface area contributed by atoms with Gasteiger partial charge in [0.05, 0.1) is 19.8 Å². The highest BCUT2D eigenvalue weighted by Crippen LogP contribution is 2.15. The van der Waals surface area contributed by atoms with Gasteiger partial charge in [0.15, 0.2) is 5.96 Å². The number of guanidine groups is 1. The quantitative estimate of drug-likeness (QED) is 0.193. The Labute approximate surface area is 191 Å². The van der Waals surface area contributed by atoms with Crippen molar-refractivity contribution in [3.8, 4) is 0 Å². The Balaban J connectivity index is 0.00000420. The molecule has 0 atom stereocenters. The van der Waals surface area contributed by atoms with Crippen LogP contribution in [0.15, 0.2) is 29.3 Å². The summed E-state index contributed by atoms with van der Waals surface area (Å²) in [6.07, 6.45) is 2.58. The van der Waals surface area contributed by atoms with Gasteiger partial charge in [-0.2, -0.15) is 0 Å². The van der Waals surface area contributed by atoms with Crippen LogP contribution in [0.2, 0.25) is 0 Å². The molecular weight excluding hydrogens is 483 g/mol. The predicted octanol–water partition coefficient (Wildman–Crippen LogP) is 2.54. The van der Waals surface area contributed by atoms with Crippen molar-refractivity contribution in [1.29, 1.82) is 0 Å². The summed E-state index contributed by atoms with van der Waals surface area (Å²) in [5, 5.41) is 6.59. The van der Waals surface area contributed by atoms with Crippen LogP contribution in [-0.2, 0) is 27.4 Å². The minimum Gasteiger partial charge on any atom is -0.382 e. The van der Waals surface area contributed by atoms with Crippen LogP contribution in [-0.4, -0.2) is 63.3 Å². The maximum Gasteiger partial charge on any atom is 0.222 e. The lowest BCUT2D eigenvalue weighted by molar-refractivity contribution is -0.128. The fourth-order valence-electron chi connectivity index (χ4n) is 2.98. The molecule has 0 saturated carbocycles. The fraction of sp³-hybridized carbons (Fsp3) is 0.619. The number of halogens is 1. The molecule has 1 aromatic carbocycles. The van der Waals surface area contributed by atoms with Gasteiger partial charge in [-0.15, -0.1) is 24.0 Å². The monoisotopic (exact) mass is 518 g/mol. The summed E-state index contributed by atoms with van der Waals surface area (Å²) in [5.41, 5.74) is 2.32. The van der Waals surface area contributed by atoms with Gasteiger partial charge >= 0.3 is 0 Å². The Morgan fingerprint density at radius 3 is 2.55 bits per heavy atom. The van der Waals surface area contributed by atoms with E-state index in [9.17, 15) is 4.79 Å². The molecule has 1 saturated heterocycles. The maximum absolute atomic E-state index is 11.7. The second-order valence-corrected chi connectivity index (χ2v) is 6.82. The Morgan fingerprint density at radius 2 is 1.90 bits per heavy atom. The van der Waals surface area contributed by atoms with Gasteiger partial charge in [0.25, 0.3) is 0 Å². The third-order valence-electron chi connectivity index (χ3n) is 4.52. The molecular formula is C21H35IN4O3. The van der Waals surface area contributed by atoms with E-state index in [2.05, 4.69) is 46.8 Å². The zero-order chi connectivity index (χ0) is 20.0. The first-order valence-electron chi connectivity index (χ1n) is 10.2. The summed E-state index contributed by atoms with van der Waals surface area (Å²) in [7, 11) is 1.67. The van der Waals surface area contributed by atoms with Crippen molar-refractivity contribution < 1.29 is 14.3 Å². The van der Waals surface area contributed by atoms with Crippen LogP contribution in [0.1, 0.15) is 37.3 Å². The molecule has 1 amide bonds. The standard InChI is InChI=1S/C21H34N4O3.HI/c1-3-22-21(23-11-5-13-28-15-14-27-2)24-16-18-7-9-19(10-8-18)17-25-12-4-6-20(25)26;/h7-10H,3-6,11-17H2,1-2H3,(H2,22,23,24);1H. The molecule has 2 rings (SSSR count). The third kappa shape index (κ3) is 10.3. The summed E-state index contributed by atoms with van der Waals surface area (Å²) < 4.78 is 10.4. The van der Waals surface area contributed by atoms with E-state index in [1.54, 1.807) is 7.11 Å². The summed E-state index contributed by atoms with van der Waals surface area (Å²) in [6.45, 7) is 7.84. The van der Waals surface area contributed by atoms with E-state index in [-0.39, 0.29) is 29.9 Å². The molecule has 0 aromatic heterocycles. The average molecular weight is 518 g/mol. The predicted molar refractivity (Wildman–Crippen MR) is 127 cm³/mol. The number of rotatable bonds is 12. The van der Waals surface area contributed by atoms with Crippen LogP contribution in [0.3, 0.4) is 0 Å². The minimum absolute atomic E-state index is 0.